The highest BCUT2D eigenvalue weighted by Gasteiger charge is 2.15. The Labute approximate surface area is 208 Å². The Balaban J connectivity index is 1.52. The number of methoxy groups -OCH3 is 1. The number of rotatable bonds is 8. The molecule has 0 fully saturated rings. The van der Waals surface area contributed by atoms with Crippen LogP contribution in [0.3, 0.4) is 0 Å². The van der Waals surface area contributed by atoms with Gasteiger partial charge in [0.15, 0.2) is 0 Å². The molecular formula is C27H29FN4O2S. The maximum Gasteiger partial charge on any atom is 0.141 e. The van der Waals surface area contributed by atoms with Gasteiger partial charge in [-0.25, -0.2) is 10.2 Å². The number of hydrogen-bond acceptors (Lipinski definition) is 6. The van der Waals surface area contributed by atoms with Crippen molar-refractivity contribution in [3.63, 3.8) is 0 Å². The fourth-order valence-corrected chi connectivity index (χ4v) is 5.08. The molecule has 0 aliphatic carbocycles. The summed E-state index contributed by atoms with van der Waals surface area (Å²) in [4.78, 5) is 0. The van der Waals surface area contributed by atoms with Crippen LogP contribution in [0.15, 0.2) is 65.1 Å². The van der Waals surface area contributed by atoms with E-state index in [2.05, 4.69) is 17.5 Å². The summed E-state index contributed by atoms with van der Waals surface area (Å²) < 4.78 is 26.9. The summed E-state index contributed by atoms with van der Waals surface area (Å²) in [6, 6.07) is 17.3. The van der Waals surface area contributed by atoms with Crippen molar-refractivity contribution in [1.29, 1.82) is 0 Å². The molecule has 0 amide bonds. The summed E-state index contributed by atoms with van der Waals surface area (Å²) in [6.07, 6.45) is 0.600. The highest BCUT2D eigenvalue weighted by molar-refractivity contribution is 7.17. The van der Waals surface area contributed by atoms with Gasteiger partial charge in [0.25, 0.3) is 0 Å². The minimum Gasteiger partial charge on any atom is -0.497 e. The smallest absolute Gasteiger partial charge is 0.141 e. The molecule has 182 valence electrons. The van der Waals surface area contributed by atoms with Gasteiger partial charge in [0.05, 0.1) is 11.8 Å². The summed E-state index contributed by atoms with van der Waals surface area (Å²) in [6.45, 7) is 4.37. The van der Waals surface area contributed by atoms with E-state index in [1.807, 2.05) is 60.8 Å². The molecule has 0 radical (unpaired) electrons. The van der Waals surface area contributed by atoms with Gasteiger partial charge in [0.2, 0.25) is 0 Å². The van der Waals surface area contributed by atoms with Crippen molar-refractivity contribution in [3.05, 3.63) is 82.5 Å². The van der Waals surface area contributed by atoms with Crippen molar-refractivity contribution in [3.8, 4) is 22.6 Å². The first-order valence-corrected chi connectivity index (χ1v) is 12.1. The first-order valence-electron chi connectivity index (χ1n) is 11.2. The molecule has 0 aliphatic heterocycles. The molecular weight excluding hydrogens is 463 g/mol. The molecule has 0 spiro atoms. The summed E-state index contributed by atoms with van der Waals surface area (Å²) in [5, 5.41) is 6.53. The molecule has 6 nitrogen and oxygen atoms in total. The van der Waals surface area contributed by atoms with E-state index in [0.29, 0.717) is 22.7 Å². The van der Waals surface area contributed by atoms with Crippen molar-refractivity contribution in [2.24, 2.45) is 16.8 Å². The van der Waals surface area contributed by atoms with Crippen LogP contribution in [0.5, 0.6) is 11.5 Å². The second kappa shape index (κ2) is 10.8. The average molecular weight is 493 g/mol. The largest absolute Gasteiger partial charge is 0.497 e. The summed E-state index contributed by atoms with van der Waals surface area (Å²) in [5.74, 6) is 12.7. The van der Waals surface area contributed by atoms with E-state index < -0.39 is 0 Å². The van der Waals surface area contributed by atoms with Gasteiger partial charge in [-0.1, -0.05) is 25.1 Å². The van der Waals surface area contributed by atoms with Crippen LogP contribution in [-0.2, 0) is 6.61 Å². The van der Waals surface area contributed by atoms with Gasteiger partial charge in [-0.15, -0.1) is 11.3 Å². The Hall–Kier alpha value is -3.62. The predicted octanol–water partition coefficient (Wildman–Crippen LogP) is 5.83. The zero-order valence-electron chi connectivity index (χ0n) is 20.0. The molecule has 0 aliphatic rings. The number of amidine groups is 1. The van der Waals surface area contributed by atoms with Gasteiger partial charge < -0.3 is 20.7 Å². The molecule has 4 aromatic rings. The van der Waals surface area contributed by atoms with Crippen molar-refractivity contribution >= 4 is 27.3 Å². The molecule has 1 atom stereocenters. The number of thiophene rings is 1. The number of aryl methyl sites for hydroxylation is 1. The number of nitrogens with zero attached hydrogens (tertiary/aromatic N) is 1. The van der Waals surface area contributed by atoms with E-state index in [4.69, 9.17) is 21.2 Å². The van der Waals surface area contributed by atoms with E-state index in [1.54, 1.807) is 13.2 Å². The second-order valence-electron chi connectivity index (χ2n) is 8.47. The van der Waals surface area contributed by atoms with Crippen LogP contribution in [0.4, 0.5) is 4.39 Å². The van der Waals surface area contributed by atoms with Gasteiger partial charge >= 0.3 is 0 Å². The third kappa shape index (κ3) is 5.39. The van der Waals surface area contributed by atoms with Crippen LogP contribution < -0.4 is 26.6 Å². The Morgan fingerprint density at radius 3 is 2.49 bits per heavy atom. The zero-order valence-corrected chi connectivity index (χ0v) is 20.8. The summed E-state index contributed by atoms with van der Waals surface area (Å²) in [7, 11) is 1.65. The van der Waals surface area contributed by atoms with Crippen LogP contribution in [-0.4, -0.2) is 12.9 Å². The number of hydrazone groups is 1. The standard InChI is InChI=1S/C27H29FN4O2S/c1-16(11-26(31-29)32-30)19-4-6-20(7-5-19)34-14-18-12-23-24(15-35-27(23)25(28)13-18)22-9-8-21(33-3)10-17(22)2/h4-10,12-13,15-16H,11,14,29-30H2,1-3H3,(H,31,32). The number of hydrazine groups is 1. The van der Waals surface area contributed by atoms with Crippen molar-refractivity contribution < 1.29 is 13.9 Å². The first-order chi connectivity index (χ1) is 16.9. The van der Waals surface area contributed by atoms with Gasteiger partial charge in [-0.2, -0.15) is 5.10 Å². The minimum atomic E-state index is -0.237. The van der Waals surface area contributed by atoms with E-state index in [-0.39, 0.29) is 18.3 Å². The molecule has 0 bridgehead atoms. The van der Waals surface area contributed by atoms with Crippen molar-refractivity contribution in [2.75, 3.05) is 7.11 Å². The Morgan fingerprint density at radius 2 is 1.83 bits per heavy atom. The summed E-state index contributed by atoms with van der Waals surface area (Å²) >= 11 is 1.41. The normalized spacial score (nSPS) is 12.5. The number of ether oxygens (including phenoxy) is 2. The SMILES string of the molecule is COc1ccc(-c2csc3c(F)cc(COc4ccc(C(C)C/C(=N/N)NN)cc4)cc23)c(C)c1. The topological polar surface area (TPSA) is 94.9 Å². The van der Waals surface area contributed by atoms with Crippen LogP contribution in [0.1, 0.15) is 36.0 Å². The van der Waals surface area contributed by atoms with E-state index in [0.717, 1.165) is 39.0 Å². The van der Waals surface area contributed by atoms with Crippen LogP contribution in [0, 0.1) is 12.7 Å². The van der Waals surface area contributed by atoms with Crippen LogP contribution in [0.25, 0.3) is 21.2 Å². The number of nitrogens with two attached hydrogens (primary N) is 2. The molecule has 0 saturated heterocycles. The van der Waals surface area contributed by atoms with Gasteiger partial charge in [-0.05, 0) is 76.9 Å². The lowest BCUT2D eigenvalue weighted by Crippen LogP contribution is -2.32. The number of halogens is 1. The quantitative estimate of drug-likeness (QED) is 0.124. The molecule has 1 unspecified atom stereocenters. The fourth-order valence-electron chi connectivity index (χ4n) is 4.12. The lowest BCUT2D eigenvalue weighted by Gasteiger charge is -2.14. The monoisotopic (exact) mass is 492 g/mol. The fraction of sp³-hybridized carbons (Fsp3) is 0.222. The number of fused-ring (bicyclic) bond motifs is 1. The number of benzene rings is 3. The van der Waals surface area contributed by atoms with Gasteiger partial charge in [0, 0.05) is 17.4 Å². The van der Waals surface area contributed by atoms with E-state index in [1.165, 1.54) is 11.3 Å². The lowest BCUT2D eigenvalue weighted by atomic mass is 9.97. The molecule has 0 saturated carbocycles. The zero-order chi connectivity index (χ0) is 24.9. The van der Waals surface area contributed by atoms with E-state index >= 15 is 0 Å². The highest BCUT2D eigenvalue weighted by Crippen LogP contribution is 2.38. The lowest BCUT2D eigenvalue weighted by molar-refractivity contribution is 0.305. The maximum atomic E-state index is 14.9. The molecule has 5 N–H and O–H groups in total. The third-order valence-electron chi connectivity index (χ3n) is 6.09. The second-order valence-corrected chi connectivity index (χ2v) is 9.35. The van der Waals surface area contributed by atoms with E-state index in [9.17, 15) is 4.39 Å². The predicted molar refractivity (Wildman–Crippen MR) is 141 cm³/mol. The Kier molecular flexibility index (Phi) is 7.53. The third-order valence-corrected chi connectivity index (χ3v) is 7.09. The molecule has 4 rings (SSSR count). The summed E-state index contributed by atoms with van der Waals surface area (Å²) in [5.41, 5.74) is 7.54. The van der Waals surface area contributed by atoms with Crippen molar-refractivity contribution in [2.45, 2.75) is 32.8 Å². The van der Waals surface area contributed by atoms with Crippen LogP contribution >= 0.6 is 11.3 Å². The molecule has 1 heterocycles. The maximum absolute atomic E-state index is 14.9. The van der Waals surface area contributed by atoms with Crippen LogP contribution in [0.2, 0.25) is 0 Å². The molecule has 3 aromatic carbocycles. The average Bonchev–Trinajstić information content (AvgIpc) is 3.30. The van der Waals surface area contributed by atoms with Crippen molar-refractivity contribution in [1.82, 2.24) is 5.43 Å². The molecule has 35 heavy (non-hydrogen) atoms. The Morgan fingerprint density at radius 1 is 1.09 bits per heavy atom. The van der Waals surface area contributed by atoms with Gasteiger partial charge in [0.1, 0.15) is 29.8 Å². The Bertz CT molecular complexity index is 1350. The molecule has 1 aromatic heterocycles. The number of hydrogen-bond donors (Lipinski definition) is 3. The molecule has 8 heteroatoms. The first kappa shape index (κ1) is 24.5. The minimum absolute atomic E-state index is 0.178. The van der Waals surface area contributed by atoms with Gasteiger partial charge in [-0.3, -0.25) is 0 Å². The number of nitrogens with one attached hydrogen (secondary N) is 1. The highest BCUT2D eigenvalue weighted by atomic mass is 32.1.